The molecule has 2 aliphatic heterocycles. The van der Waals surface area contributed by atoms with E-state index in [1.165, 1.54) is 17.0 Å². The molecular formula is C21H20N4O5. The van der Waals surface area contributed by atoms with E-state index in [1.807, 2.05) is 0 Å². The van der Waals surface area contributed by atoms with Crippen LogP contribution in [0, 0.1) is 0 Å². The van der Waals surface area contributed by atoms with E-state index < -0.39 is 17.9 Å². The van der Waals surface area contributed by atoms with Crippen LogP contribution >= 0.6 is 0 Å². The van der Waals surface area contributed by atoms with Gasteiger partial charge in [-0.05, 0) is 29.8 Å². The average molecular weight is 408 g/mol. The number of carbonyl (C=O) groups excluding carboxylic acids is 3. The van der Waals surface area contributed by atoms with Gasteiger partial charge in [0.1, 0.15) is 11.5 Å². The standard InChI is InChI=1S/C21H20N4O5/c1-24-15-11-25(23-19(27)14-5-3-4-6-16(14)26)20(28)17(15)18(22-21(24)29)12-7-9-13(30-2)10-8-12/h3-10,18,26H,11H2,1-2H3,(H,22,29)(H,23,27). The smallest absolute Gasteiger partial charge is 0.322 e. The molecule has 0 radical (unpaired) electrons. The van der Waals surface area contributed by atoms with Crippen LogP contribution in [0.25, 0.3) is 0 Å². The molecule has 2 aromatic carbocycles. The third-order valence-corrected chi connectivity index (χ3v) is 5.19. The minimum absolute atomic E-state index is 0.0318. The number of phenols is 1. The molecule has 3 N–H and O–H groups in total. The Kier molecular flexibility index (Phi) is 4.78. The SMILES string of the molecule is COc1ccc(C2NC(=O)N(C)C3=C2C(=O)N(NC(=O)c2ccccc2O)C3)cc1. The van der Waals surface area contributed by atoms with Crippen molar-refractivity contribution in [1.29, 1.82) is 0 Å². The van der Waals surface area contributed by atoms with E-state index in [-0.39, 0.29) is 23.9 Å². The predicted molar refractivity (Wildman–Crippen MR) is 106 cm³/mol. The zero-order valence-electron chi connectivity index (χ0n) is 16.4. The zero-order valence-corrected chi connectivity index (χ0v) is 16.4. The summed E-state index contributed by atoms with van der Waals surface area (Å²) in [6.45, 7) is 0.0318. The van der Waals surface area contributed by atoms with Crippen molar-refractivity contribution in [2.75, 3.05) is 20.7 Å². The number of urea groups is 1. The quantitative estimate of drug-likeness (QED) is 0.711. The maximum atomic E-state index is 13.1. The second kappa shape index (κ2) is 7.43. The Morgan fingerprint density at radius 1 is 1.17 bits per heavy atom. The van der Waals surface area contributed by atoms with Gasteiger partial charge in [0, 0.05) is 7.05 Å². The van der Waals surface area contributed by atoms with Gasteiger partial charge in [0.15, 0.2) is 0 Å². The number of carbonyl (C=O) groups is 3. The number of methoxy groups -OCH3 is 1. The summed E-state index contributed by atoms with van der Waals surface area (Å²) in [6, 6.07) is 12.1. The summed E-state index contributed by atoms with van der Waals surface area (Å²) in [4.78, 5) is 39.5. The number of benzene rings is 2. The van der Waals surface area contributed by atoms with Crippen LogP contribution < -0.4 is 15.5 Å². The lowest BCUT2D eigenvalue weighted by molar-refractivity contribution is -0.127. The highest BCUT2D eigenvalue weighted by Crippen LogP contribution is 2.35. The number of aromatic hydroxyl groups is 1. The van der Waals surface area contributed by atoms with E-state index >= 15 is 0 Å². The van der Waals surface area contributed by atoms with E-state index in [0.29, 0.717) is 22.6 Å². The molecule has 2 aromatic rings. The minimum Gasteiger partial charge on any atom is -0.507 e. The highest BCUT2D eigenvalue weighted by atomic mass is 16.5. The van der Waals surface area contributed by atoms with Crippen LogP contribution in [0.1, 0.15) is 22.0 Å². The van der Waals surface area contributed by atoms with Gasteiger partial charge in [-0.25, -0.2) is 9.80 Å². The number of amides is 4. The number of rotatable bonds is 4. The van der Waals surface area contributed by atoms with Crippen LogP contribution in [0.4, 0.5) is 4.79 Å². The second-order valence-corrected chi connectivity index (χ2v) is 6.92. The molecule has 0 spiro atoms. The van der Waals surface area contributed by atoms with Gasteiger partial charge in [-0.3, -0.25) is 19.9 Å². The maximum absolute atomic E-state index is 13.1. The fourth-order valence-electron chi connectivity index (χ4n) is 3.55. The lowest BCUT2D eigenvalue weighted by atomic mass is 9.96. The summed E-state index contributed by atoms with van der Waals surface area (Å²) in [5.74, 6) is -0.586. The van der Waals surface area contributed by atoms with E-state index in [9.17, 15) is 19.5 Å². The number of hydrogen-bond acceptors (Lipinski definition) is 5. The van der Waals surface area contributed by atoms with Crippen LogP contribution in [0.2, 0.25) is 0 Å². The number of hydrogen-bond donors (Lipinski definition) is 3. The molecule has 2 heterocycles. The lowest BCUT2D eigenvalue weighted by Crippen LogP contribution is -2.45. The number of ether oxygens (including phenoxy) is 1. The Morgan fingerprint density at radius 3 is 2.53 bits per heavy atom. The van der Waals surface area contributed by atoms with Gasteiger partial charge in [-0.15, -0.1) is 0 Å². The van der Waals surface area contributed by atoms with Crippen molar-refractivity contribution in [2.45, 2.75) is 6.04 Å². The maximum Gasteiger partial charge on any atom is 0.322 e. The first-order valence-corrected chi connectivity index (χ1v) is 9.22. The van der Waals surface area contributed by atoms with Crippen molar-refractivity contribution in [3.05, 3.63) is 70.9 Å². The number of nitrogens with zero attached hydrogens (tertiary/aromatic N) is 2. The van der Waals surface area contributed by atoms with Crippen LogP contribution in [0.5, 0.6) is 11.5 Å². The summed E-state index contributed by atoms with van der Waals surface area (Å²) >= 11 is 0. The van der Waals surface area contributed by atoms with Crippen molar-refractivity contribution in [2.24, 2.45) is 0 Å². The van der Waals surface area contributed by atoms with Crippen molar-refractivity contribution in [3.63, 3.8) is 0 Å². The van der Waals surface area contributed by atoms with E-state index in [0.717, 1.165) is 5.01 Å². The van der Waals surface area contributed by atoms with Crippen LogP contribution in [-0.2, 0) is 4.79 Å². The van der Waals surface area contributed by atoms with Crippen molar-refractivity contribution in [1.82, 2.24) is 20.7 Å². The van der Waals surface area contributed by atoms with Gasteiger partial charge in [0.05, 0.1) is 36.5 Å². The molecule has 1 atom stereocenters. The van der Waals surface area contributed by atoms with Crippen LogP contribution in [0.15, 0.2) is 59.8 Å². The molecule has 0 aromatic heterocycles. The minimum atomic E-state index is -0.658. The van der Waals surface area contributed by atoms with E-state index in [4.69, 9.17) is 4.74 Å². The number of para-hydroxylation sites is 1. The van der Waals surface area contributed by atoms with Gasteiger partial charge >= 0.3 is 6.03 Å². The highest BCUT2D eigenvalue weighted by molar-refractivity contribution is 6.04. The molecule has 0 saturated heterocycles. The van der Waals surface area contributed by atoms with Crippen molar-refractivity contribution in [3.8, 4) is 11.5 Å². The predicted octanol–water partition coefficient (Wildman–Crippen LogP) is 1.54. The molecule has 2 aliphatic rings. The number of phenolic OH excluding ortho intramolecular Hbond substituents is 1. The summed E-state index contributed by atoms with van der Waals surface area (Å²) in [7, 11) is 3.12. The molecule has 0 saturated carbocycles. The highest BCUT2D eigenvalue weighted by Gasteiger charge is 2.43. The summed E-state index contributed by atoms with van der Waals surface area (Å²) in [5.41, 5.74) is 4.16. The molecule has 154 valence electrons. The number of hydrazine groups is 1. The van der Waals surface area contributed by atoms with Gasteiger partial charge in [0.25, 0.3) is 11.8 Å². The van der Waals surface area contributed by atoms with Gasteiger partial charge in [0.2, 0.25) is 0 Å². The Morgan fingerprint density at radius 2 is 1.87 bits per heavy atom. The first kappa shape index (κ1) is 19.3. The molecule has 4 rings (SSSR count). The van der Waals surface area contributed by atoms with E-state index in [1.54, 1.807) is 50.6 Å². The third kappa shape index (κ3) is 3.20. The summed E-state index contributed by atoms with van der Waals surface area (Å²) < 4.78 is 5.16. The summed E-state index contributed by atoms with van der Waals surface area (Å²) in [6.07, 6.45) is 0. The van der Waals surface area contributed by atoms with Gasteiger partial charge in [-0.1, -0.05) is 24.3 Å². The Balaban J connectivity index is 1.62. The molecule has 9 nitrogen and oxygen atoms in total. The molecule has 1 unspecified atom stereocenters. The lowest BCUT2D eigenvalue weighted by Gasteiger charge is -2.31. The average Bonchev–Trinajstić information content (AvgIpc) is 3.07. The zero-order chi connectivity index (χ0) is 21.4. The Labute approximate surface area is 172 Å². The van der Waals surface area contributed by atoms with E-state index in [2.05, 4.69) is 10.7 Å². The molecular weight excluding hydrogens is 388 g/mol. The fourth-order valence-corrected chi connectivity index (χ4v) is 3.55. The Bertz CT molecular complexity index is 1060. The van der Waals surface area contributed by atoms with Crippen LogP contribution in [0.3, 0.4) is 0 Å². The number of nitrogens with one attached hydrogen (secondary N) is 2. The van der Waals surface area contributed by atoms with Crippen LogP contribution in [-0.4, -0.2) is 53.6 Å². The largest absolute Gasteiger partial charge is 0.507 e. The third-order valence-electron chi connectivity index (χ3n) is 5.19. The van der Waals surface area contributed by atoms with Gasteiger partial charge < -0.3 is 15.2 Å². The molecule has 30 heavy (non-hydrogen) atoms. The summed E-state index contributed by atoms with van der Waals surface area (Å²) in [5, 5.41) is 13.9. The topological polar surface area (TPSA) is 111 Å². The monoisotopic (exact) mass is 408 g/mol. The molecule has 9 heteroatoms. The first-order chi connectivity index (χ1) is 14.4. The molecule has 0 aliphatic carbocycles. The van der Waals surface area contributed by atoms with Gasteiger partial charge in [-0.2, -0.15) is 0 Å². The normalized spacial score (nSPS) is 18.3. The molecule has 0 fully saturated rings. The Hall–Kier alpha value is -4.01. The van der Waals surface area contributed by atoms with Crippen molar-refractivity contribution >= 4 is 17.8 Å². The number of likely N-dealkylation sites (N-methyl/N-ethyl adjacent to an activating group) is 1. The first-order valence-electron chi connectivity index (χ1n) is 9.22. The van der Waals surface area contributed by atoms with Crippen molar-refractivity contribution < 1.29 is 24.2 Å². The fraction of sp³-hybridized carbons (Fsp3) is 0.190. The molecule has 4 amide bonds. The second-order valence-electron chi connectivity index (χ2n) is 6.92. The molecule has 0 bridgehead atoms.